The maximum atomic E-state index is 7.27. The lowest BCUT2D eigenvalue weighted by molar-refractivity contribution is 0.487. The van der Waals surface area contributed by atoms with Gasteiger partial charge in [-0.3, -0.25) is 0 Å². The number of nitrogens with zero attached hydrogens (tertiary/aromatic N) is 2. The molecule has 11 aromatic carbocycles. The van der Waals surface area contributed by atoms with Crippen molar-refractivity contribution in [2.24, 2.45) is 0 Å². The molecule has 0 bridgehead atoms. The number of anilines is 6. The van der Waals surface area contributed by atoms with Crippen molar-refractivity contribution in [3.8, 4) is 67.1 Å². The van der Waals surface area contributed by atoms with Crippen LogP contribution in [0.2, 0.25) is 0 Å². The number of ether oxygens (including phenoxy) is 1. The summed E-state index contributed by atoms with van der Waals surface area (Å²) in [5, 5.41) is 2.24. The van der Waals surface area contributed by atoms with Gasteiger partial charge in [-0.1, -0.05) is 191 Å². The van der Waals surface area contributed by atoms with Crippen LogP contribution in [0.15, 0.2) is 243 Å². The van der Waals surface area contributed by atoms with Gasteiger partial charge in [-0.05, 0) is 144 Å². The standard InChI is InChI=1S/C70H52N2O/c1-69(2)62-24-13-11-21-56(62)58-37-34-52(41-64(58)69)71(50-30-26-47(27-31-50)45-16-7-5-8-17-45)54-36-39-60-61-23-15-20-49-40-55(44-67(68(49)61)73-66(60)43-54)72(51-32-28-48(29-33-51)46-18-9-6-10-19-46)53-35-38-59-57-22-12-14-25-63(57)70(3,4)65(59)42-53/h5-44H,1-4H3. The largest absolute Gasteiger partial charge is 0.456 e. The van der Waals surface area contributed by atoms with Gasteiger partial charge in [0.1, 0.15) is 11.5 Å². The number of rotatable bonds is 8. The average Bonchev–Trinajstić information content (AvgIpc) is 3.80. The molecule has 348 valence electrons. The predicted molar refractivity (Wildman–Crippen MR) is 305 cm³/mol. The Morgan fingerprint density at radius 3 is 1.21 bits per heavy atom. The fourth-order valence-electron chi connectivity index (χ4n) is 12.3. The molecule has 0 N–H and O–H groups in total. The van der Waals surface area contributed by atoms with Crippen LogP contribution in [0.25, 0.3) is 66.4 Å². The van der Waals surface area contributed by atoms with Crippen LogP contribution in [0.4, 0.5) is 34.1 Å². The molecular formula is C70H52N2O. The smallest absolute Gasteiger partial charge is 0.138 e. The van der Waals surface area contributed by atoms with Gasteiger partial charge >= 0.3 is 0 Å². The van der Waals surface area contributed by atoms with Crippen molar-refractivity contribution in [1.82, 2.24) is 0 Å². The predicted octanol–water partition coefficient (Wildman–Crippen LogP) is 19.5. The van der Waals surface area contributed by atoms with E-state index in [4.69, 9.17) is 4.74 Å². The van der Waals surface area contributed by atoms with Gasteiger partial charge in [0.2, 0.25) is 0 Å². The topological polar surface area (TPSA) is 15.7 Å². The first-order valence-electron chi connectivity index (χ1n) is 25.5. The van der Waals surface area contributed by atoms with Gasteiger partial charge in [-0.15, -0.1) is 0 Å². The van der Waals surface area contributed by atoms with Crippen molar-refractivity contribution in [3.63, 3.8) is 0 Å². The summed E-state index contributed by atoms with van der Waals surface area (Å²) in [6.45, 7) is 9.41. The SMILES string of the molecule is CC1(C)c2ccccc2-c2ccc(N(c3ccc(-c4ccccc4)cc3)c3ccc4c(c3)Oc3cc(N(c5ccc(-c6ccccc6)cc5)c5ccc6c(c5)C(C)(C)c5ccccc5-6)cc5cccc-4c35)cc21. The van der Waals surface area contributed by atoms with Crippen molar-refractivity contribution in [2.45, 2.75) is 38.5 Å². The second-order valence-corrected chi connectivity index (χ2v) is 20.9. The van der Waals surface area contributed by atoms with E-state index in [0.717, 1.165) is 62.0 Å². The Morgan fingerprint density at radius 1 is 0.274 bits per heavy atom. The molecule has 0 atom stereocenters. The number of benzene rings is 11. The minimum atomic E-state index is -0.154. The molecule has 2 aliphatic carbocycles. The van der Waals surface area contributed by atoms with E-state index in [1.807, 2.05) is 0 Å². The van der Waals surface area contributed by atoms with E-state index < -0.39 is 0 Å². The second-order valence-electron chi connectivity index (χ2n) is 20.9. The maximum absolute atomic E-state index is 7.27. The van der Waals surface area contributed by atoms with Gasteiger partial charge in [0.25, 0.3) is 0 Å². The van der Waals surface area contributed by atoms with Crippen molar-refractivity contribution in [1.29, 1.82) is 0 Å². The van der Waals surface area contributed by atoms with Crippen molar-refractivity contribution in [2.75, 3.05) is 9.80 Å². The third-order valence-electron chi connectivity index (χ3n) is 16.0. The van der Waals surface area contributed by atoms with Crippen LogP contribution in [0.3, 0.4) is 0 Å². The minimum Gasteiger partial charge on any atom is -0.456 e. The molecule has 3 nitrogen and oxygen atoms in total. The fourth-order valence-corrected chi connectivity index (χ4v) is 12.3. The summed E-state index contributed by atoms with van der Waals surface area (Å²) in [7, 11) is 0. The van der Waals surface area contributed by atoms with Gasteiger partial charge in [0.15, 0.2) is 0 Å². The molecule has 73 heavy (non-hydrogen) atoms. The van der Waals surface area contributed by atoms with Crippen LogP contribution in [0.1, 0.15) is 49.9 Å². The van der Waals surface area contributed by atoms with Crippen molar-refractivity contribution < 1.29 is 4.74 Å². The van der Waals surface area contributed by atoms with Crippen molar-refractivity contribution in [3.05, 3.63) is 265 Å². The molecular weight excluding hydrogens is 885 g/mol. The molecule has 11 aromatic rings. The Kier molecular flexibility index (Phi) is 9.59. The molecule has 3 heteroatoms. The Bertz CT molecular complexity index is 3980. The van der Waals surface area contributed by atoms with Gasteiger partial charge < -0.3 is 14.5 Å². The summed E-state index contributed by atoms with van der Waals surface area (Å²) in [6.07, 6.45) is 0. The van der Waals surface area contributed by atoms with Crippen LogP contribution in [0.5, 0.6) is 11.5 Å². The molecule has 1 heterocycles. The lowest BCUT2D eigenvalue weighted by atomic mass is 9.82. The highest BCUT2D eigenvalue weighted by molar-refractivity contribution is 6.07. The monoisotopic (exact) mass is 936 g/mol. The van der Waals surface area contributed by atoms with Crippen LogP contribution < -0.4 is 14.5 Å². The average molecular weight is 937 g/mol. The Morgan fingerprint density at radius 2 is 0.671 bits per heavy atom. The summed E-state index contributed by atoms with van der Waals surface area (Å²) in [5.74, 6) is 1.66. The van der Waals surface area contributed by atoms with Gasteiger partial charge in [-0.2, -0.15) is 0 Å². The summed E-state index contributed by atoms with van der Waals surface area (Å²) in [6, 6.07) is 88.9. The summed E-state index contributed by atoms with van der Waals surface area (Å²) in [5.41, 5.74) is 23.7. The summed E-state index contributed by atoms with van der Waals surface area (Å²) < 4.78 is 7.27. The second kappa shape index (κ2) is 16.3. The molecule has 0 spiro atoms. The third-order valence-corrected chi connectivity index (χ3v) is 16.0. The van der Waals surface area contributed by atoms with Crippen LogP contribution in [-0.4, -0.2) is 0 Å². The Hall–Kier alpha value is -8.92. The Labute approximate surface area is 427 Å². The van der Waals surface area contributed by atoms with Gasteiger partial charge in [0, 0.05) is 62.3 Å². The summed E-state index contributed by atoms with van der Waals surface area (Å²) >= 11 is 0. The fraction of sp³-hybridized carbons (Fsp3) is 0.0857. The zero-order valence-corrected chi connectivity index (χ0v) is 41.4. The van der Waals surface area contributed by atoms with Gasteiger partial charge in [0.05, 0.1) is 5.69 Å². The third kappa shape index (κ3) is 6.80. The lowest BCUT2D eigenvalue weighted by Gasteiger charge is -2.31. The molecule has 0 radical (unpaired) electrons. The molecule has 0 aromatic heterocycles. The number of fused-ring (bicyclic) bond motifs is 8. The molecule has 3 aliphatic rings. The minimum absolute atomic E-state index is 0.150. The highest BCUT2D eigenvalue weighted by Crippen LogP contribution is 2.55. The highest BCUT2D eigenvalue weighted by Gasteiger charge is 2.37. The van der Waals surface area contributed by atoms with E-state index in [1.165, 1.54) is 72.3 Å². The number of hydrogen-bond acceptors (Lipinski definition) is 3. The van der Waals surface area contributed by atoms with E-state index in [9.17, 15) is 0 Å². The molecule has 0 saturated heterocycles. The molecule has 0 saturated carbocycles. The first kappa shape index (κ1) is 42.9. The highest BCUT2D eigenvalue weighted by atomic mass is 16.5. The number of hydrogen-bond donors (Lipinski definition) is 0. The van der Waals surface area contributed by atoms with E-state index in [2.05, 4.69) is 280 Å². The normalized spacial score (nSPS) is 13.8. The molecule has 0 fully saturated rings. The molecule has 1 aliphatic heterocycles. The Balaban J connectivity index is 0.900. The van der Waals surface area contributed by atoms with Crippen LogP contribution >= 0.6 is 0 Å². The first-order chi connectivity index (χ1) is 35.7. The molecule has 14 rings (SSSR count). The van der Waals surface area contributed by atoms with Crippen LogP contribution in [0, 0.1) is 0 Å². The summed E-state index contributed by atoms with van der Waals surface area (Å²) in [4.78, 5) is 4.79. The van der Waals surface area contributed by atoms with E-state index >= 15 is 0 Å². The lowest BCUT2D eigenvalue weighted by Crippen LogP contribution is -2.16. The molecule has 0 amide bonds. The first-order valence-corrected chi connectivity index (χ1v) is 25.5. The molecule has 0 unspecified atom stereocenters. The van der Waals surface area contributed by atoms with E-state index in [0.29, 0.717) is 0 Å². The van der Waals surface area contributed by atoms with E-state index in [1.54, 1.807) is 0 Å². The van der Waals surface area contributed by atoms with Crippen molar-refractivity contribution >= 4 is 44.9 Å². The zero-order chi connectivity index (χ0) is 49.0. The van der Waals surface area contributed by atoms with E-state index in [-0.39, 0.29) is 10.8 Å². The van der Waals surface area contributed by atoms with Crippen LogP contribution in [-0.2, 0) is 10.8 Å². The zero-order valence-electron chi connectivity index (χ0n) is 41.4. The quantitative estimate of drug-likeness (QED) is 0.151. The van der Waals surface area contributed by atoms with Gasteiger partial charge in [-0.25, -0.2) is 0 Å². The maximum Gasteiger partial charge on any atom is 0.138 e.